The lowest BCUT2D eigenvalue weighted by Crippen LogP contribution is -2.60. The van der Waals surface area contributed by atoms with Crippen LogP contribution in [0.3, 0.4) is 0 Å². The van der Waals surface area contributed by atoms with Crippen LogP contribution in [0, 0.1) is 46.3 Å². The summed E-state index contributed by atoms with van der Waals surface area (Å²) in [4.78, 5) is 62.6. The van der Waals surface area contributed by atoms with Gasteiger partial charge in [0.25, 0.3) is 5.91 Å². The molecule has 1 unspecified atom stereocenters. The lowest BCUT2D eigenvalue weighted by Gasteiger charge is -2.38. The zero-order valence-electron chi connectivity index (χ0n) is 26.2. The molecule has 47 heavy (non-hydrogen) atoms. The summed E-state index contributed by atoms with van der Waals surface area (Å²) in [6.45, 7) is 5.43. The number of carbonyl (C=O) groups is 4. The Bertz CT molecular complexity index is 1740. The normalized spacial score (nSPS) is 36.1. The number of pyridine rings is 1. The van der Waals surface area contributed by atoms with E-state index >= 15 is 4.39 Å². The third-order valence-corrected chi connectivity index (χ3v) is 11.3. The molecule has 6 aliphatic rings. The van der Waals surface area contributed by atoms with Crippen LogP contribution in [0.1, 0.15) is 33.6 Å². The Balaban J connectivity index is 1.10. The average Bonchev–Trinajstić information content (AvgIpc) is 3.45. The highest BCUT2D eigenvalue weighted by molar-refractivity contribution is 6.01. The molecule has 12 nitrogen and oxygen atoms in total. The summed E-state index contributed by atoms with van der Waals surface area (Å²) in [7, 11) is 0. The number of hydrogen-bond acceptors (Lipinski definition) is 8. The van der Waals surface area contributed by atoms with Gasteiger partial charge in [-0.3, -0.25) is 14.4 Å². The van der Waals surface area contributed by atoms with Gasteiger partial charge in [-0.15, -0.1) is 0 Å². The average molecular weight is 643 g/mol. The molecule has 3 aliphatic heterocycles. The number of ether oxygens (including phenoxy) is 2. The van der Waals surface area contributed by atoms with Crippen LogP contribution >= 0.6 is 0 Å². The zero-order chi connectivity index (χ0) is 33.0. The predicted molar refractivity (Wildman–Crippen MR) is 162 cm³/mol. The molecule has 5 fully saturated rings. The number of fused-ring (bicyclic) bond motifs is 5. The van der Waals surface area contributed by atoms with Gasteiger partial charge < -0.3 is 29.9 Å². The molecule has 1 aromatic heterocycles. The largest absolute Gasteiger partial charge is 0.472 e. The van der Waals surface area contributed by atoms with Gasteiger partial charge in [0.2, 0.25) is 17.4 Å². The van der Waals surface area contributed by atoms with Gasteiger partial charge in [-0.1, -0.05) is 39.0 Å². The number of likely N-dealkylation sites (tertiary alicyclic amines) is 2. The van der Waals surface area contributed by atoms with Gasteiger partial charge in [0.15, 0.2) is 11.6 Å². The van der Waals surface area contributed by atoms with E-state index in [9.17, 15) is 24.4 Å². The lowest BCUT2D eigenvalue weighted by atomic mass is 9.69. The highest BCUT2D eigenvalue weighted by Gasteiger charge is 2.87. The first-order valence-corrected chi connectivity index (χ1v) is 16.0. The van der Waals surface area contributed by atoms with E-state index in [4.69, 9.17) is 9.47 Å². The van der Waals surface area contributed by atoms with Crippen LogP contribution in [0.25, 0.3) is 0 Å². The molecule has 3 saturated carbocycles. The maximum Gasteiger partial charge on any atom is 0.413 e. The van der Waals surface area contributed by atoms with Crippen LogP contribution in [0.2, 0.25) is 0 Å². The summed E-state index contributed by atoms with van der Waals surface area (Å²) in [6.07, 6.45) is 1.04. The highest BCUT2D eigenvalue weighted by atomic mass is 19.1. The number of anilines is 1. The third kappa shape index (κ3) is 4.26. The van der Waals surface area contributed by atoms with Crippen molar-refractivity contribution in [3.8, 4) is 17.6 Å². The number of halogens is 1. The molecule has 4 amide bonds. The monoisotopic (exact) mass is 642 g/mol. The Morgan fingerprint density at radius 2 is 1.89 bits per heavy atom. The minimum absolute atomic E-state index is 0.0698. The van der Waals surface area contributed by atoms with Crippen molar-refractivity contribution in [1.29, 1.82) is 5.26 Å². The molecule has 1 aromatic carbocycles. The summed E-state index contributed by atoms with van der Waals surface area (Å²) in [5.74, 6) is -1.54. The number of nitrogens with zero attached hydrogens (tertiary/aromatic N) is 4. The molecule has 2 saturated heterocycles. The maximum atomic E-state index is 15.7. The smallest absolute Gasteiger partial charge is 0.413 e. The van der Waals surface area contributed by atoms with Crippen molar-refractivity contribution in [2.45, 2.75) is 63.0 Å². The van der Waals surface area contributed by atoms with Crippen LogP contribution in [-0.4, -0.2) is 81.1 Å². The Morgan fingerprint density at radius 3 is 2.62 bits per heavy atom. The van der Waals surface area contributed by atoms with Crippen molar-refractivity contribution in [2.24, 2.45) is 35.0 Å². The van der Waals surface area contributed by atoms with Crippen molar-refractivity contribution in [2.75, 3.05) is 18.4 Å². The van der Waals surface area contributed by atoms with Gasteiger partial charge in [-0.25, -0.2) is 14.2 Å². The number of nitrogens with one attached hydrogen (secondary N) is 2. The number of amides is 4. The minimum Gasteiger partial charge on any atom is -0.472 e. The number of carbonyl (C=O) groups excluding carboxylic acids is 4. The van der Waals surface area contributed by atoms with Crippen LogP contribution < -0.4 is 20.1 Å². The van der Waals surface area contributed by atoms with E-state index in [2.05, 4.69) is 21.7 Å². The van der Waals surface area contributed by atoms with E-state index in [1.54, 1.807) is 63.2 Å². The van der Waals surface area contributed by atoms with Crippen LogP contribution in [-0.2, 0) is 14.4 Å². The number of aromatic nitrogens is 1. The molecule has 0 bridgehead atoms. The van der Waals surface area contributed by atoms with Crippen LogP contribution in [0.15, 0.2) is 48.7 Å². The van der Waals surface area contributed by atoms with E-state index in [1.807, 2.05) is 0 Å². The quantitative estimate of drug-likeness (QED) is 0.516. The van der Waals surface area contributed by atoms with Gasteiger partial charge in [-0.2, -0.15) is 5.26 Å². The molecule has 13 heteroatoms. The van der Waals surface area contributed by atoms with E-state index in [0.29, 0.717) is 17.9 Å². The summed E-state index contributed by atoms with van der Waals surface area (Å²) in [5.41, 5.74) is -3.64. The number of rotatable bonds is 4. The summed E-state index contributed by atoms with van der Waals surface area (Å²) >= 11 is 0. The Morgan fingerprint density at radius 1 is 1.13 bits per heavy atom. The number of para-hydroxylation sites is 1. The first-order chi connectivity index (χ1) is 22.4. The van der Waals surface area contributed by atoms with Gasteiger partial charge in [-0.05, 0) is 53.9 Å². The van der Waals surface area contributed by atoms with Gasteiger partial charge in [0, 0.05) is 31.0 Å². The summed E-state index contributed by atoms with van der Waals surface area (Å²) in [5, 5.41) is 15.7. The molecule has 2 N–H and O–H groups in total. The Hall–Kier alpha value is -4.73. The molecule has 244 valence electrons. The Labute approximate surface area is 270 Å². The van der Waals surface area contributed by atoms with E-state index < -0.39 is 64.5 Å². The van der Waals surface area contributed by atoms with Crippen LogP contribution in [0.5, 0.6) is 11.5 Å². The van der Waals surface area contributed by atoms with Gasteiger partial charge in [0.1, 0.15) is 29.5 Å². The fraction of sp³-hybridized carbons (Fsp3) is 0.529. The zero-order valence-corrected chi connectivity index (χ0v) is 26.2. The topological polar surface area (TPSA) is 154 Å². The number of alkyl halides is 1. The first kappa shape index (κ1) is 29.7. The van der Waals surface area contributed by atoms with Crippen molar-refractivity contribution >= 4 is 29.6 Å². The molecule has 3 aliphatic carbocycles. The SMILES string of the molecule is CC(C)(C)[C@H](NC(=O)Oc1ccccc1)C(=O)N1C[C@H]2[C@@H]([C@H]1C(=O)N1C[C@@]3(C[C@H]1C#N)Oc1cccnc1NC3=O)[C@@H]1C3[C@H]2C[C@@]31F. The predicted octanol–water partition coefficient (Wildman–Crippen LogP) is 2.91. The maximum absolute atomic E-state index is 15.7. The number of nitriles is 1. The molecule has 1 spiro atoms. The molecular weight excluding hydrogens is 607 g/mol. The van der Waals surface area contributed by atoms with Crippen molar-refractivity contribution in [3.05, 3.63) is 48.7 Å². The lowest BCUT2D eigenvalue weighted by molar-refractivity contribution is -0.148. The van der Waals surface area contributed by atoms with Gasteiger partial charge in [0.05, 0.1) is 12.6 Å². The molecule has 10 atom stereocenters. The highest BCUT2D eigenvalue weighted by Crippen LogP contribution is 2.82. The fourth-order valence-corrected chi connectivity index (χ4v) is 9.21. The second-order valence-electron chi connectivity index (χ2n) is 14.9. The number of hydrogen-bond donors (Lipinski definition) is 2. The van der Waals surface area contributed by atoms with E-state index in [1.165, 1.54) is 16.0 Å². The van der Waals surface area contributed by atoms with Crippen molar-refractivity contribution < 1.29 is 33.0 Å². The van der Waals surface area contributed by atoms with Crippen molar-refractivity contribution in [3.63, 3.8) is 0 Å². The van der Waals surface area contributed by atoms with Crippen LogP contribution in [0.4, 0.5) is 15.0 Å². The summed E-state index contributed by atoms with van der Waals surface area (Å²) < 4.78 is 27.3. The molecule has 2 aromatic rings. The van der Waals surface area contributed by atoms with E-state index in [-0.39, 0.29) is 49.0 Å². The third-order valence-electron chi connectivity index (χ3n) is 11.3. The Kier molecular flexibility index (Phi) is 6.24. The van der Waals surface area contributed by atoms with Gasteiger partial charge >= 0.3 is 6.09 Å². The molecule has 4 heterocycles. The standard InChI is InChI=1S/C34H35FN6O6/c1-32(2,3)26(38-31(45)46-18-8-5-4-6-9-18)29(43)40-15-20-19-13-34(35)23(19)24(34)22(20)25(40)28(42)41-16-33(12-17(41)14-36)30(44)39-27-21(47-33)10-7-11-37-27/h4-11,17,19-20,22-26H,12-13,15-16H2,1-3H3,(H,38,45)(H,37,39,44)/t17-,19-,20+,22+,23?,24+,25-,26+,33+,34+/m0/s1. The fourth-order valence-electron chi connectivity index (χ4n) is 9.21. The first-order valence-electron chi connectivity index (χ1n) is 16.0. The van der Waals surface area contributed by atoms with Crippen molar-refractivity contribution in [1.82, 2.24) is 20.1 Å². The molecule has 0 radical (unpaired) electrons. The minimum atomic E-state index is -1.53. The summed E-state index contributed by atoms with van der Waals surface area (Å²) in [6, 6.07) is 10.8. The second-order valence-corrected chi connectivity index (χ2v) is 14.9. The molecule has 8 rings (SSSR count). The molecular formula is C34H35FN6O6. The van der Waals surface area contributed by atoms with E-state index in [0.717, 1.165) is 0 Å². The second kappa shape index (κ2) is 9.89. The number of benzene rings is 1.